The van der Waals surface area contributed by atoms with Crippen molar-refractivity contribution < 1.29 is 4.79 Å². The lowest BCUT2D eigenvalue weighted by Gasteiger charge is -2.08. The number of nitrogens with zero attached hydrogens (tertiary/aromatic N) is 1. The highest BCUT2D eigenvalue weighted by molar-refractivity contribution is 6.34. The molecule has 0 bridgehead atoms. The van der Waals surface area contributed by atoms with Crippen molar-refractivity contribution in [2.75, 3.05) is 0 Å². The zero-order valence-corrected chi connectivity index (χ0v) is 12.9. The van der Waals surface area contributed by atoms with Gasteiger partial charge in [0.2, 0.25) is 0 Å². The Morgan fingerprint density at radius 3 is 2.68 bits per heavy atom. The Morgan fingerprint density at radius 1 is 1.14 bits per heavy atom. The van der Waals surface area contributed by atoms with Crippen LogP contribution >= 0.6 is 11.6 Å². The Bertz CT molecular complexity index is 845. The van der Waals surface area contributed by atoms with Crippen LogP contribution in [0, 0.1) is 6.92 Å². The SMILES string of the molecule is Cc1ccccc1CNC(=O)c1cc2ccccc2c(Cl)n1. The molecule has 0 spiro atoms. The topological polar surface area (TPSA) is 42.0 Å². The summed E-state index contributed by atoms with van der Waals surface area (Å²) in [4.78, 5) is 16.5. The van der Waals surface area contributed by atoms with Crippen LogP contribution in [-0.2, 0) is 6.54 Å². The molecule has 0 saturated carbocycles. The van der Waals surface area contributed by atoms with Crippen molar-refractivity contribution in [3.8, 4) is 0 Å². The largest absolute Gasteiger partial charge is 0.347 e. The maximum atomic E-state index is 12.3. The molecule has 0 saturated heterocycles. The van der Waals surface area contributed by atoms with Gasteiger partial charge >= 0.3 is 0 Å². The molecule has 2 aromatic carbocycles. The van der Waals surface area contributed by atoms with E-state index in [1.54, 1.807) is 6.07 Å². The molecular weight excluding hydrogens is 296 g/mol. The molecule has 110 valence electrons. The van der Waals surface area contributed by atoms with Gasteiger partial charge in [-0.2, -0.15) is 0 Å². The van der Waals surface area contributed by atoms with Gasteiger partial charge in [-0.25, -0.2) is 4.98 Å². The number of aromatic nitrogens is 1. The summed E-state index contributed by atoms with van der Waals surface area (Å²) in [5.41, 5.74) is 2.56. The van der Waals surface area contributed by atoms with Crippen molar-refractivity contribution in [3.63, 3.8) is 0 Å². The molecule has 1 amide bonds. The third-order valence-corrected chi connectivity index (χ3v) is 3.92. The van der Waals surface area contributed by atoms with Crippen molar-refractivity contribution in [1.82, 2.24) is 10.3 Å². The lowest BCUT2D eigenvalue weighted by molar-refractivity contribution is 0.0946. The summed E-state index contributed by atoms with van der Waals surface area (Å²) in [5.74, 6) is -0.226. The zero-order chi connectivity index (χ0) is 15.5. The fourth-order valence-corrected chi connectivity index (χ4v) is 2.61. The molecule has 0 aliphatic rings. The van der Waals surface area contributed by atoms with Gasteiger partial charge < -0.3 is 5.32 Å². The number of halogens is 1. The molecule has 3 nitrogen and oxygen atoms in total. The standard InChI is InChI=1S/C18H15ClN2O/c1-12-6-2-3-8-14(12)11-20-18(22)16-10-13-7-4-5-9-15(13)17(19)21-16/h2-10H,11H2,1H3,(H,20,22). The first-order chi connectivity index (χ1) is 10.6. The van der Waals surface area contributed by atoms with Crippen LogP contribution in [0.1, 0.15) is 21.6 Å². The molecule has 0 unspecified atom stereocenters. The van der Waals surface area contributed by atoms with E-state index >= 15 is 0 Å². The monoisotopic (exact) mass is 310 g/mol. The number of aryl methyl sites for hydroxylation is 1. The van der Waals surface area contributed by atoms with Gasteiger partial charge in [-0.1, -0.05) is 60.1 Å². The van der Waals surface area contributed by atoms with Gasteiger partial charge in [0.05, 0.1) is 0 Å². The van der Waals surface area contributed by atoms with Crippen molar-refractivity contribution >= 4 is 28.3 Å². The minimum absolute atomic E-state index is 0.226. The van der Waals surface area contributed by atoms with Crippen LogP contribution in [0.3, 0.4) is 0 Å². The Morgan fingerprint density at radius 2 is 1.86 bits per heavy atom. The van der Waals surface area contributed by atoms with E-state index in [2.05, 4.69) is 10.3 Å². The summed E-state index contributed by atoms with van der Waals surface area (Å²) in [6, 6.07) is 17.3. The third-order valence-electron chi connectivity index (χ3n) is 3.63. The number of rotatable bonds is 3. The van der Waals surface area contributed by atoms with Crippen LogP contribution in [-0.4, -0.2) is 10.9 Å². The van der Waals surface area contributed by atoms with E-state index in [4.69, 9.17) is 11.6 Å². The number of amides is 1. The van der Waals surface area contributed by atoms with Crippen molar-refractivity contribution in [2.45, 2.75) is 13.5 Å². The number of nitrogens with one attached hydrogen (secondary N) is 1. The van der Waals surface area contributed by atoms with Gasteiger partial charge in [0, 0.05) is 11.9 Å². The first-order valence-electron chi connectivity index (χ1n) is 7.03. The number of carbonyl (C=O) groups is 1. The molecule has 22 heavy (non-hydrogen) atoms. The predicted octanol–water partition coefficient (Wildman–Crippen LogP) is 4.13. The van der Waals surface area contributed by atoms with Crippen LogP contribution < -0.4 is 5.32 Å². The van der Waals surface area contributed by atoms with Gasteiger partial charge in [-0.15, -0.1) is 0 Å². The van der Waals surface area contributed by atoms with Gasteiger partial charge in [-0.3, -0.25) is 4.79 Å². The molecule has 1 aromatic heterocycles. The second-order valence-corrected chi connectivity index (χ2v) is 5.49. The summed E-state index contributed by atoms with van der Waals surface area (Å²) in [6.45, 7) is 2.49. The highest BCUT2D eigenvalue weighted by Crippen LogP contribution is 2.22. The number of hydrogen-bond acceptors (Lipinski definition) is 2. The van der Waals surface area contributed by atoms with E-state index in [-0.39, 0.29) is 5.91 Å². The fraction of sp³-hybridized carbons (Fsp3) is 0.111. The molecule has 1 heterocycles. The second kappa shape index (κ2) is 6.16. The second-order valence-electron chi connectivity index (χ2n) is 5.13. The summed E-state index contributed by atoms with van der Waals surface area (Å²) in [6.07, 6.45) is 0. The number of benzene rings is 2. The van der Waals surface area contributed by atoms with Crippen molar-refractivity contribution in [2.24, 2.45) is 0 Å². The first kappa shape index (κ1) is 14.5. The number of hydrogen-bond donors (Lipinski definition) is 1. The summed E-state index contributed by atoms with van der Waals surface area (Å²) in [5, 5.41) is 4.99. The van der Waals surface area contributed by atoms with Crippen molar-refractivity contribution in [1.29, 1.82) is 0 Å². The van der Waals surface area contributed by atoms with Crippen LogP contribution in [0.5, 0.6) is 0 Å². The Hall–Kier alpha value is -2.39. The van der Waals surface area contributed by atoms with Gasteiger partial charge in [0.1, 0.15) is 10.8 Å². The molecular formula is C18H15ClN2O. The molecule has 0 atom stereocenters. The molecule has 1 N–H and O–H groups in total. The van der Waals surface area contributed by atoms with Gasteiger partial charge in [0.15, 0.2) is 0 Å². The molecule has 4 heteroatoms. The maximum absolute atomic E-state index is 12.3. The normalized spacial score (nSPS) is 10.6. The number of pyridine rings is 1. The van der Waals surface area contributed by atoms with E-state index in [1.165, 1.54) is 0 Å². The van der Waals surface area contributed by atoms with Crippen LogP contribution in [0.4, 0.5) is 0 Å². The van der Waals surface area contributed by atoms with Crippen LogP contribution in [0.2, 0.25) is 5.15 Å². The minimum atomic E-state index is -0.226. The van der Waals surface area contributed by atoms with E-state index in [0.717, 1.165) is 21.9 Å². The average molecular weight is 311 g/mol. The van der Waals surface area contributed by atoms with Crippen molar-refractivity contribution in [3.05, 3.63) is 76.6 Å². The molecule has 0 aliphatic carbocycles. The summed E-state index contributed by atoms with van der Waals surface area (Å²) >= 11 is 6.16. The lowest BCUT2D eigenvalue weighted by atomic mass is 10.1. The summed E-state index contributed by atoms with van der Waals surface area (Å²) in [7, 11) is 0. The van der Waals surface area contributed by atoms with Crippen LogP contribution in [0.25, 0.3) is 10.8 Å². The quantitative estimate of drug-likeness (QED) is 0.739. The van der Waals surface area contributed by atoms with E-state index in [9.17, 15) is 4.79 Å². The fourth-order valence-electron chi connectivity index (χ4n) is 2.35. The van der Waals surface area contributed by atoms with Gasteiger partial charge in [0.25, 0.3) is 5.91 Å². The van der Waals surface area contributed by atoms with E-state index < -0.39 is 0 Å². The van der Waals surface area contributed by atoms with E-state index in [1.807, 2.05) is 55.5 Å². The average Bonchev–Trinajstić information content (AvgIpc) is 2.54. The highest BCUT2D eigenvalue weighted by Gasteiger charge is 2.11. The first-order valence-corrected chi connectivity index (χ1v) is 7.41. The smallest absolute Gasteiger partial charge is 0.270 e. The number of fused-ring (bicyclic) bond motifs is 1. The third kappa shape index (κ3) is 2.95. The molecule has 0 fully saturated rings. The van der Waals surface area contributed by atoms with Gasteiger partial charge in [-0.05, 0) is 29.5 Å². The number of carbonyl (C=O) groups excluding carboxylic acids is 1. The lowest BCUT2D eigenvalue weighted by Crippen LogP contribution is -2.24. The summed E-state index contributed by atoms with van der Waals surface area (Å²) < 4.78 is 0. The van der Waals surface area contributed by atoms with E-state index in [0.29, 0.717) is 17.4 Å². The Kier molecular flexibility index (Phi) is 4.07. The zero-order valence-electron chi connectivity index (χ0n) is 12.1. The highest BCUT2D eigenvalue weighted by atomic mass is 35.5. The maximum Gasteiger partial charge on any atom is 0.270 e. The Labute approximate surface area is 133 Å². The molecule has 3 rings (SSSR count). The molecule has 0 aliphatic heterocycles. The minimum Gasteiger partial charge on any atom is -0.347 e. The predicted molar refractivity (Wildman–Crippen MR) is 89.1 cm³/mol. The Balaban J connectivity index is 1.82. The van der Waals surface area contributed by atoms with Crippen LogP contribution in [0.15, 0.2) is 54.6 Å². The molecule has 0 radical (unpaired) electrons. The molecule has 3 aromatic rings.